The first-order valence-corrected chi connectivity index (χ1v) is 11.6. The van der Waals surface area contributed by atoms with Gasteiger partial charge in [-0.05, 0) is 81.4 Å². The van der Waals surface area contributed by atoms with E-state index in [0.29, 0.717) is 24.2 Å². The normalized spacial score (nSPS) is 24.6. The summed E-state index contributed by atoms with van der Waals surface area (Å²) in [7, 11) is 3.30. The summed E-state index contributed by atoms with van der Waals surface area (Å²) in [6.07, 6.45) is 5.31. The molecule has 2 aliphatic heterocycles. The predicted molar refractivity (Wildman–Crippen MR) is 129 cm³/mol. The van der Waals surface area contributed by atoms with Gasteiger partial charge in [0.15, 0.2) is 17.4 Å². The van der Waals surface area contributed by atoms with Crippen LogP contribution in [0.15, 0.2) is 54.6 Å². The number of methoxy groups -OCH3 is 1. The first-order chi connectivity index (χ1) is 16.9. The molecule has 2 aromatic heterocycles. The van der Waals surface area contributed by atoms with Crippen LogP contribution in [0.2, 0.25) is 0 Å². The molecule has 1 aromatic carbocycles. The van der Waals surface area contributed by atoms with Crippen LogP contribution < -0.4 is 5.32 Å². The van der Waals surface area contributed by atoms with E-state index in [1.807, 2.05) is 19.2 Å². The molecule has 35 heavy (non-hydrogen) atoms. The Hall–Kier alpha value is -3.72. The first-order valence-electron chi connectivity index (χ1n) is 11.6. The molecule has 0 radical (unpaired) electrons. The summed E-state index contributed by atoms with van der Waals surface area (Å²) in [5.41, 5.74) is 0.352. The number of esters is 1. The number of rotatable bonds is 5. The number of nitrogens with zero attached hydrogens (tertiary/aromatic N) is 2. The van der Waals surface area contributed by atoms with E-state index >= 15 is 0 Å². The number of piperidine rings is 1. The summed E-state index contributed by atoms with van der Waals surface area (Å²) in [6.45, 7) is 1.49. The molecule has 182 valence electrons. The van der Waals surface area contributed by atoms with Gasteiger partial charge in [-0.25, -0.2) is 9.37 Å². The van der Waals surface area contributed by atoms with Gasteiger partial charge in [-0.3, -0.25) is 9.59 Å². The summed E-state index contributed by atoms with van der Waals surface area (Å²) >= 11 is 0. The van der Waals surface area contributed by atoms with Crippen molar-refractivity contribution in [3.63, 3.8) is 0 Å². The molecule has 2 unspecified atom stereocenters. The fourth-order valence-corrected chi connectivity index (χ4v) is 5.17. The van der Waals surface area contributed by atoms with Crippen molar-refractivity contribution in [1.29, 1.82) is 0 Å². The Morgan fingerprint density at radius 2 is 2.03 bits per heavy atom. The number of carbonyl (C=O) groups excluding carboxylic acids is 2. The topological polar surface area (TPSA) is 96.5 Å². The number of allylic oxidation sites excluding steroid dienone is 1. The average Bonchev–Trinajstić information content (AvgIpc) is 3.40. The Balaban J connectivity index is 1.60. The first kappa shape index (κ1) is 23.0. The number of ketones is 1. The van der Waals surface area contributed by atoms with Gasteiger partial charge in [0.2, 0.25) is 5.78 Å². The molecule has 2 fully saturated rings. The van der Waals surface area contributed by atoms with Gasteiger partial charge in [0.1, 0.15) is 11.5 Å². The third-order valence-electron chi connectivity index (χ3n) is 7.06. The van der Waals surface area contributed by atoms with Crippen LogP contribution in [-0.2, 0) is 19.1 Å². The zero-order valence-corrected chi connectivity index (χ0v) is 19.6. The van der Waals surface area contributed by atoms with Crippen molar-refractivity contribution in [2.45, 2.75) is 19.1 Å². The zero-order valence-electron chi connectivity index (χ0n) is 19.6. The minimum Gasteiger partial charge on any atom is -0.468 e. The van der Waals surface area contributed by atoms with Crippen LogP contribution in [0, 0.1) is 17.2 Å². The van der Waals surface area contributed by atoms with Gasteiger partial charge >= 0.3 is 5.97 Å². The molecule has 0 amide bonds. The number of fused-ring (bicyclic) bond motifs is 1. The molecular formula is C26H27FN4O4. The van der Waals surface area contributed by atoms with Gasteiger partial charge < -0.3 is 24.7 Å². The van der Waals surface area contributed by atoms with Gasteiger partial charge in [0.25, 0.3) is 0 Å². The van der Waals surface area contributed by atoms with Crippen molar-refractivity contribution in [2.24, 2.45) is 11.3 Å². The lowest BCUT2D eigenvalue weighted by molar-refractivity contribution is -0.164. The quantitative estimate of drug-likeness (QED) is 0.329. The van der Waals surface area contributed by atoms with E-state index in [4.69, 9.17) is 9.47 Å². The van der Waals surface area contributed by atoms with Gasteiger partial charge in [0.05, 0.1) is 7.11 Å². The SMILES string of the molecule is COC(=O)C1(C2CCN(C)CC2)C(=O)C(=Cc2c[nH]c3ncccc23)OC1Nc1ccc(F)cc1. The number of benzene rings is 1. The van der Waals surface area contributed by atoms with Crippen LogP contribution in [0.4, 0.5) is 10.1 Å². The second-order valence-corrected chi connectivity index (χ2v) is 9.07. The number of nitrogens with one attached hydrogen (secondary N) is 2. The molecule has 9 heteroatoms. The third kappa shape index (κ3) is 3.95. The molecule has 3 aromatic rings. The Labute approximate surface area is 202 Å². The van der Waals surface area contributed by atoms with E-state index in [1.165, 1.54) is 19.2 Å². The van der Waals surface area contributed by atoms with Crippen molar-refractivity contribution in [2.75, 3.05) is 32.6 Å². The summed E-state index contributed by atoms with van der Waals surface area (Å²) in [4.78, 5) is 37.1. The van der Waals surface area contributed by atoms with E-state index in [9.17, 15) is 14.0 Å². The lowest BCUT2D eigenvalue weighted by Crippen LogP contribution is -2.55. The Kier molecular flexibility index (Phi) is 6.02. The maximum atomic E-state index is 14.1. The molecule has 2 atom stereocenters. The molecule has 2 N–H and O–H groups in total. The summed E-state index contributed by atoms with van der Waals surface area (Å²) in [5.74, 6) is -1.68. The predicted octanol–water partition coefficient (Wildman–Crippen LogP) is 3.58. The largest absolute Gasteiger partial charge is 0.468 e. The van der Waals surface area contributed by atoms with E-state index < -0.39 is 23.4 Å². The molecule has 8 nitrogen and oxygen atoms in total. The number of carbonyl (C=O) groups is 2. The number of ether oxygens (including phenoxy) is 2. The second-order valence-electron chi connectivity index (χ2n) is 9.07. The van der Waals surface area contributed by atoms with Crippen LogP contribution in [0.5, 0.6) is 0 Å². The highest BCUT2D eigenvalue weighted by Crippen LogP contribution is 2.49. The van der Waals surface area contributed by atoms with Crippen molar-refractivity contribution >= 4 is 34.5 Å². The maximum absolute atomic E-state index is 14.1. The third-order valence-corrected chi connectivity index (χ3v) is 7.06. The lowest BCUT2D eigenvalue weighted by atomic mass is 9.67. The smallest absolute Gasteiger partial charge is 0.326 e. The zero-order chi connectivity index (χ0) is 24.6. The summed E-state index contributed by atoms with van der Waals surface area (Å²) < 4.78 is 25.0. The standard InChI is InChI=1S/C26H27FN4O4/c1-31-12-9-17(10-13-31)26(25(33)34-2)22(32)21(14-16-15-29-23-20(16)4-3-11-28-23)35-24(26)30-19-7-5-18(27)6-8-19/h3-8,11,14-15,17,24,30H,9-10,12-13H2,1-2H3,(H,28,29). The van der Waals surface area contributed by atoms with Crippen molar-refractivity contribution in [1.82, 2.24) is 14.9 Å². The number of Topliss-reactive ketones (excluding diaryl/α,β-unsaturated/α-hetero) is 1. The van der Waals surface area contributed by atoms with Gasteiger partial charge in [-0.2, -0.15) is 0 Å². The molecule has 0 bridgehead atoms. The highest BCUT2D eigenvalue weighted by Gasteiger charge is 2.65. The highest BCUT2D eigenvalue weighted by atomic mass is 19.1. The summed E-state index contributed by atoms with van der Waals surface area (Å²) in [5, 5.41) is 4.00. The second kappa shape index (κ2) is 9.14. The monoisotopic (exact) mass is 478 g/mol. The van der Waals surface area contributed by atoms with Crippen LogP contribution in [0.25, 0.3) is 17.1 Å². The number of hydrogen-bond donors (Lipinski definition) is 2. The fraction of sp³-hybridized carbons (Fsp3) is 0.346. The fourth-order valence-electron chi connectivity index (χ4n) is 5.17. The van der Waals surface area contributed by atoms with Crippen LogP contribution >= 0.6 is 0 Å². The highest BCUT2D eigenvalue weighted by molar-refractivity contribution is 6.16. The molecule has 4 heterocycles. The van der Waals surface area contributed by atoms with E-state index in [1.54, 1.807) is 30.6 Å². The van der Waals surface area contributed by atoms with Crippen LogP contribution in [0.3, 0.4) is 0 Å². The van der Waals surface area contributed by atoms with Crippen LogP contribution in [-0.4, -0.2) is 60.1 Å². The molecule has 5 rings (SSSR count). The minimum absolute atomic E-state index is 0.0682. The molecule has 0 aliphatic carbocycles. The van der Waals surface area contributed by atoms with Gasteiger partial charge in [-0.1, -0.05) is 0 Å². The molecule has 0 spiro atoms. The number of aromatic nitrogens is 2. The molecule has 0 saturated carbocycles. The van der Waals surface area contributed by atoms with Gasteiger partial charge in [0, 0.05) is 29.0 Å². The Morgan fingerprint density at radius 1 is 1.29 bits per heavy atom. The maximum Gasteiger partial charge on any atom is 0.326 e. The summed E-state index contributed by atoms with van der Waals surface area (Å²) in [6, 6.07) is 9.42. The van der Waals surface area contributed by atoms with E-state index in [0.717, 1.165) is 24.0 Å². The van der Waals surface area contributed by atoms with Gasteiger partial charge in [-0.15, -0.1) is 0 Å². The number of anilines is 1. The van der Waals surface area contributed by atoms with E-state index in [2.05, 4.69) is 20.2 Å². The Morgan fingerprint density at radius 3 is 2.74 bits per heavy atom. The number of H-pyrrole nitrogens is 1. The van der Waals surface area contributed by atoms with Crippen molar-refractivity contribution < 1.29 is 23.5 Å². The lowest BCUT2D eigenvalue weighted by Gasteiger charge is -2.40. The number of hydrogen-bond acceptors (Lipinski definition) is 7. The minimum atomic E-state index is -1.58. The molecule has 2 aliphatic rings. The number of aromatic amines is 1. The average molecular weight is 479 g/mol. The van der Waals surface area contributed by atoms with Crippen molar-refractivity contribution in [3.05, 3.63) is 65.9 Å². The van der Waals surface area contributed by atoms with Crippen molar-refractivity contribution in [3.8, 4) is 0 Å². The molecular weight excluding hydrogens is 451 g/mol. The molecule has 2 saturated heterocycles. The number of pyridine rings is 1. The Bertz CT molecular complexity index is 1280. The van der Waals surface area contributed by atoms with E-state index in [-0.39, 0.29) is 17.5 Å². The number of likely N-dealkylation sites (tertiary alicyclic amines) is 1. The number of halogens is 1. The van der Waals surface area contributed by atoms with Crippen LogP contribution in [0.1, 0.15) is 18.4 Å².